The van der Waals surface area contributed by atoms with Gasteiger partial charge in [-0.3, -0.25) is 4.79 Å². The van der Waals surface area contributed by atoms with E-state index in [1.54, 1.807) is 6.92 Å². The molecule has 0 fully saturated rings. The second kappa shape index (κ2) is 6.03. The summed E-state index contributed by atoms with van der Waals surface area (Å²) in [4.78, 5) is 10.9. The minimum atomic E-state index is 0.0772. The maximum atomic E-state index is 10.9. The lowest BCUT2D eigenvalue weighted by Crippen LogP contribution is -2.23. The van der Waals surface area contributed by atoms with Gasteiger partial charge in [0.25, 0.3) is 0 Å². The Morgan fingerprint density at radius 1 is 1.44 bits per heavy atom. The summed E-state index contributed by atoms with van der Waals surface area (Å²) < 4.78 is 0. The van der Waals surface area contributed by atoms with Gasteiger partial charge in [0.05, 0.1) is 0 Å². The number of fused-ring (bicyclic) bond motifs is 1. The summed E-state index contributed by atoms with van der Waals surface area (Å²) >= 11 is 0. The summed E-state index contributed by atoms with van der Waals surface area (Å²) in [6.07, 6.45) is 5.93. The first kappa shape index (κ1) is 13.1. The van der Waals surface area contributed by atoms with Gasteiger partial charge in [0.15, 0.2) is 0 Å². The number of amides is 1. The number of benzene rings is 1. The highest BCUT2D eigenvalue weighted by molar-refractivity contribution is 5.72. The Hall–Kier alpha value is -1.31. The van der Waals surface area contributed by atoms with E-state index in [1.807, 2.05) is 0 Å². The summed E-state index contributed by atoms with van der Waals surface area (Å²) in [5.41, 5.74) is 4.48. The van der Waals surface area contributed by atoms with Gasteiger partial charge in [-0.1, -0.05) is 25.1 Å². The SMILES string of the molecule is CCc1ccc2c(c1)C(CCNC(C)=O)CCC2. The van der Waals surface area contributed by atoms with Crippen LogP contribution in [0.15, 0.2) is 18.2 Å². The number of hydrogen-bond acceptors (Lipinski definition) is 1. The highest BCUT2D eigenvalue weighted by Gasteiger charge is 2.20. The molecule has 1 aliphatic carbocycles. The van der Waals surface area contributed by atoms with E-state index >= 15 is 0 Å². The van der Waals surface area contributed by atoms with Gasteiger partial charge >= 0.3 is 0 Å². The zero-order valence-corrected chi connectivity index (χ0v) is 11.5. The summed E-state index contributed by atoms with van der Waals surface area (Å²) in [7, 11) is 0. The molecule has 0 spiro atoms. The number of hydrogen-bond donors (Lipinski definition) is 1. The van der Waals surface area contributed by atoms with E-state index in [4.69, 9.17) is 0 Å². The van der Waals surface area contributed by atoms with Gasteiger partial charge in [-0.15, -0.1) is 0 Å². The van der Waals surface area contributed by atoms with E-state index in [2.05, 4.69) is 30.4 Å². The molecule has 0 saturated carbocycles. The van der Waals surface area contributed by atoms with E-state index < -0.39 is 0 Å². The number of aryl methyl sites for hydroxylation is 2. The molecule has 0 aliphatic heterocycles. The molecular formula is C16H23NO. The fraction of sp³-hybridized carbons (Fsp3) is 0.562. The monoisotopic (exact) mass is 245 g/mol. The Balaban J connectivity index is 2.08. The molecule has 2 heteroatoms. The van der Waals surface area contributed by atoms with Crippen molar-refractivity contribution in [2.45, 2.75) is 51.9 Å². The standard InChI is InChI=1S/C16H23NO/c1-3-13-7-8-14-5-4-6-15(16(14)11-13)9-10-17-12(2)18/h7-8,11,15H,3-6,9-10H2,1-2H3,(H,17,18). The van der Waals surface area contributed by atoms with Crippen molar-refractivity contribution in [3.63, 3.8) is 0 Å². The van der Waals surface area contributed by atoms with E-state index in [9.17, 15) is 4.79 Å². The lowest BCUT2D eigenvalue weighted by atomic mass is 9.80. The highest BCUT2D eigenvalue weighted by atomic mass is 16.1. The summed E-state index contributed by atoms with van der Waals surface area (Å²) in [5, 5.41) is 2.91. The molecule has 1 aromatic rings. The number of carbonyl (C=O) groups is 1. The third-order valence-corrected chi connectivity index (χ3v) is 3.92. The van der Waals surface area contributed by atoms with Crippen molar-refractivity contribution >= 4 is 5.91 Å². The maximum Gasteiger partial charge on any atom is 0.216 e. The molecule has 1 unspecified atom stereocenters. The van der Waals surface area contributed by atoms with Crippen molar-refractivity contribution in [2.75, 3.05) is 6.54 Å². The molecule has 2 nitrogen and oxygen atoms in total. The summed E-state index contributed by atoms with van der Waals surface area (Å²) in [6, 6.07) is 6.95. The van der Waals surface area contributed by atoms with Crippen molar-refractivity contribution in [3.8, 4) is 0 Å². The van der Waals surface area contributed by atoms with Gasteiger partial charge in [0, 0.05) is 13.5 Å². The zero-order chi connectivity index (χ0) is 13.0. The van der Waals surface area contributed by atoms with Gasteiger partial charge in [0.1, 0.15) is 0 Å². The quantitative estimate of drug-likeness (QED) is 0.867. The van der Waals surface area contributed by atoms with E-state index in [-0.39, 0.29) is 5.91 Å². The minimum Gasteiger partial charge on any atom is -0.356 e. The zero-order valence-electron chi connectivity index (χ0n) is 11.5. The lowest BCUT2D eigenvalue weighted by Gasteiger charge is -2.26. The Morgan fingerprint density at radius 2 is 2.28 bits per heavy atom. The average molecular weight is 245 g/mol. The van der Waals surface area contributed by atoms with Gasteiger partial charge in [-0.2, -0.15) is 0 Å². The Labute approximate surface area is 110 Å². The van der Waals surface area contributed by atoms with Gasteiger partial charge in [-0.05, 0) is 54.7 Å². The van der Waals surface area contributed by atoms with Crippen LogP contribution in [0.25, 0.3) is 0 Å². The molecule has 1 N–H and O–H groups in total. The minimum absolute atomic E-state index is 0.0772. The predicted molar refractivity (Wildman–Crippen MR) is 74.8 cm³/mol. The van der Waals surface area contributed by atoms with E-state index in [0.29, 0.717) is 5.92 Å². The maximum absolute atomic E-state index is 10.9. The van der Waals surface area contributed by atoms with Crippen LogP contribution in [0.2, 0.25) is 0 Å². The first-order chi connectivity index (χ1) is 8.70. The van der Waals surface area contributed by atoms with Crippen molar-refractivity contribution in [3.05, 3.63) is 34.9 Å². The molecule has 98 valence electrons. The molecule has 0 bridgehead atoms. The topological polar surface area (TPSA) is 29.1 Å². The van der Waals surface area contributed by atoms with Crippen LogP contribution in [0.5, 0.6) is 0 Å². The van der Waals surface area contributed by atoms with Crippen LogP contribution < -0.4 is 5.32 Å². The molecule has 0 aromatic heterocycles. The fourth-order valence-electron chi connectivity index (χ4n) is 2.89. The largest absolute Gasteiger partial charge is 0.356 e. The molecule has 1 aliphatic rings. The third-order valence-electron chi connectivity index (χ3n) is 3.92. The van der Waals surface area contributed by atoms with Crippen LogP contribution in [0.4, 0.5) is 0 Å². The predicted octanol–water partition coefficient (Wildman–Crippen LogP) is 3.20. The smallest absolute Gasteiger partial charge is 0.216 e. The van der Waals surface area contributed by atoms with Crippen molar-refractivity contribution in [1.29, 1.82) is 0 Å². The van der Waals surface area contributed by atoms with E-state index in [1.165, 1.54) is 36.0 Å². The number of carbonyl (C=O) groups excluding carboxylic acids is 1. The molecule has 1 atom stereocenters. The first-order valence-electron chi connectivity index (χ1n) is 7.07. The summed E-state index contributed by atoms with van der Waals surface area (Å²) in [5.74, 6) is 0.709. The molecule has 0 heterocycles. The van der Waals surface area contributed by atoms with Gasteiger partial charge in [-0.25, -0.2) is 0 Å². The first-order valence-corrected chi connectivity index (χ1v) is 7.07. The van der Waals surface area contributed by atoms with Crippen LogP contribution in [-0.2, 0) is 17.6 Å². The molecule has 18 heavy (non-hydrogen) atoms. The molecule has 0 radical (unpaired) electrons. The van der Waals surface area contributed by atoms with Crippen molar-refractivity contribution in [1.82, 2.24) is 5.32 Å². The second-order valence-corrected chi connectivity index (χ2v) is 5.25. The van der Waals surface area contributed by atoms with Crippen LogP contribution >= 0.6 is 0 Å². The Bertz CT molecular complexity index is 425. The van der Waals surface area contributed by atoms with Crippen LogP contribution in [0, 0.1) is 0 Å². The fourth-order valence-corrected chi connectivity index (χ4v) is 2.89. The summed E-state index contributed by atoms with van der Waals surface area (Å²) in [6.45, 7) is 4.59. The van der Waals surface area contributed by atoms with Crippen molar-refractivity contribution < 1.29 is 4.79 Å². The van der Waals surface area contributed by atoms with Crippen LogP contribution in [0.1, 0.15) is 55.7 Å². The number of nitrogens with one attached hydrogen (secondary N) is 1. The second-order valence-electron chi connectivity index (χ2n) is 5.25. The molecular weight excluding hydrogens is 222 g/mol. The van der Waals surface area contributed by atoms with Gasteiger partial charge in [0.2, 0.25) is 5.91 Å². The van der Waals surface area contributed by atoms with Crippen LogP contribution in [-0.4, -0.2) is 12.5 Å². The Kier molecular flexibility index (Phi) is 4.40. The average Bonchev–Trinajstić information content (AvgIpc) is 2.38. The number of rotatable bonds is 4. The third kappa shape index (κ3) is 3.12. The highest BCUT2D eigenvalue weighted by Crippen LogP contribution is 2.34. The molecule has 1 aromatic carbocycles. The normalized spacial score (nSPS) is 18.2. The van der Waals surface area contributed by atoms with Crippen LogP contribution in [0.3, 0.4) is 0 Å². The van der Waals surface area contributed by atoms with Gasteiger partial charge < -0.3 is 5.32 Å². The lowest BCUT2D eigenvalue weighted by molar-refractivity contribution is -0.118. The Morgan fingerprint density at radius 3 is 3.00 bits per heavy atom. The molecule has 1 amide bonds. The van der Waals surface area contributed by atoms with Crippen molar-refractivity contribution in [2.24, 2.45) is 0 Å². The molecule has 0 saturated heterocycles. The van der Waals surface area contributed by atoms with E-state index in [0.717, 1.165) is 19.4 Å². The molecule has 2 rings (SSSR count).